The first-order valence-electron chi connectivity index (χ1n) is 5.84. The van der Waals surface area contributed by atoms with Crippen LogP contribution in [0.25, 0.3) is 16.6 Å². The lowest BCUT2D eigenvalue weighted by atomic mass is 10.2. The first-order valence-corrected chi connectivity index (χ1v) is 5.84. The van der Waals surface area contributed by atoms with Crippen molar-refractivity contribution >= 4 is 16.6 Å². The fourth-order valence-corrected chi connectivity index (χ4v) is 2.09. The monoisotopic (exact) mass is 253 g/mol. The molecule has 0 bridgehead atoms. The van der Waals surface area contributed by atoms with Crippen LogP contribution < -0.4 is 0 Å². The van der Waals surface area contributed by atoms with E-state index in [1.54, 1.807) is 23.0 Å². The molecule has 5 heteroatoms. The maximum absolute atomic E-state index is 10.8. The molecule has 0 spiro atoms. The van der Waals surface area contributed by atoms with E-state index in [9.17, 15) is 10.1 Å². The van der Waals surface area contributed by atoms with E-state index < -0.39 is 4.92 Å². The fourth-order valence-electron chi connectivity index (χ4n) is 2.09. The Morgan fingerprint density at radius 3 is 2.79 bits per heavy atom. The van der Waals surface area contributed by atoms with Crippen LogP contribution in [0.1, 0.15) is 5.56 Å². The highest BCUT2D eigenvalue weighted by Gasteiger charge is 2.11. The van der Waals surface area contributed by atoms with Crippen molar-refractivity contribution in [3.05, 3.63) is 64.3 Å². The van der Waals surface area contributed by atoms with Gasteiger partial charge in [-0.3, -0.25) is 10.1 Å². The Kier molecular flexibility index (Phi) is 2.52. The topological polar surface area (TPSA) is 61.0 Å². The number of fused-ring (bicyclic) bond motifs is 1. The van der Waals surface area contributed by atoms with E-state index in [2.05, 4.69) is 5.10 Å². The van der Waals surface area contributed by atoms with Crippen molar-refractivity contribution in [3.63, 3.8) is 0 Å². The number of nitro benzene ring substituents is 1. The molecule has 2 aromatic carbocycles. The fraction of sp³-hybridized carbons (Fsp3) is 0.0714. The minimum absolute atomic E-state index is 0.0712. The third-order valence-corrected chi connectivity index (χ3v) is 3.01. The van der Waals surface area contributed by atoms with Gasteiger partial charge in [-0.05, 0) is 30.7 Å². The number of benzene rings is 2. The second-order valence-electron chi connectivity index (χ2n) is 4.40. The molecule has 0 N–H and O–H groups in total. The van der Waals surface area contributed by atoms with Gasteiger partial charge in [-0.1, -0.05) is 12.1 Å². The second kappa shape index (κ2) is 4.20. The highest BCUT2D eigenvalue weighted by Crippen LogP contribution is 2.23. The number of non-ortho nitro benzene ring substituents is 1. The van der Waals surface area contributed by atoms with Crippen LogP contribution in [0.2, 0.25) is 0 Å². The van der Waals surface area contributed by atoms with Crippen LogP contribution in [0.4, 0.5) is 5.69 Å². The first kappa shape index (κ1) is 11.4. The average molecular weight is 253 g/mol. The van der Waals surface area contributed by atoms with Crippen LogP contribution in [0.5, 0.6) is 0 Å². The van der Waals surface area contributed by atoms with Gasteiger partial charge in [-0.2, -0.15) is 5.10 Å². The molecule has 0 aliphatic rings. The molecular formula is C14H11N3O2. The summed E-state index contributed by atoms with van der Waals surface area (Å²) < 4.78 is 1.72. The normalized spacial score (nSPS) is 10.8. The van der Waals surface area contributed by atoms with E-state index in [0.29, 0.717) is 0 Å². The van der Waals surface area contributed by atoms with Crippen LogP contribution in [0.3, 0.4) is 0 Å². The molecule has 94 valence electrons. The Labute approximate surface area is 109 Å². The second-order valence-corrected chi connectivity index (χ2v) is 4.40. The number of rotatable bonds is 2. The minimum atomic E-state index is -0.396. The summed E-state index contributed by atoms with van der Waals surface area (Å²) >= 11 is 0. The van der Waals surface area contributed by atoms with Crippen molar-refractivity contribution in [2.45, 2.75) is 6.92 Å². The Balaban J connectivity index is 2.24. The highest BCUT2D eigenvalue weighted by atomic mass is 16.6. The summed E-state index contributed by atoms with van der Waals surface area (Å²) in [5, 5.41) is 16.0. The van der Waals surface area contributed by atoms with E-state index in [1.165, 1.54) is 6.07 Å². The molecule has 0 aliphatic heterocycles. The predicted molar refractivity (Wildman–Crippen MR) is 72.5 cm³/mol. The summed E-state index contributed by atoms with van der Waals surface area (Å²) in [4.78, 5) is 10.4. The molecular weight excluding hydrogens is 242 g/mol. The number of nitro groups is 1. The average Bonchev–Trinajstić information content (AvgIpc) is 2.81. The number of nitrogens with zero attached hydrogens (tertiary/aromatic N) is 3. The van der Waals surface area contributed by atoms with Crippen LogP contribution in [-0.4, -0.2) is 14.7 Å². The maximum Gasteiger partial charge on any atom is 0.271 e. The maximum atomic E-state index is 10.8. The summed E-state index contributed by atoms with van der Waals surface area (Å²) in [6.07, 6.45) is 1.71. The lowest BCUT2D eigenvalue weighted by Crippen LogP contribution is -1.96. The molecule has 3 rings (SSSR count). The van der Waals surface area contributed by atoms with Gasteiger partial charge in [0.25, 0.3) is 5.69 Å². The summed E-state index contributed by atoms with van der Waals surface area (Å²) in [5.41, 5.74) is 2.82. The zero-order chi connectivity index (χ0) is 13.4. The molecule has 0 fully saturated rings. The van der Waals surface area contributed by atoms with Gasteiger partial charge in [-0.15, -0.1) is 0 Å². The largest absolute Gasteiger partial charge is 0.271 e. The SMILES string of the molecule is Cc1cccc(-n2ncc3ccc([N+](=O)[O-])cc32)c1. The zero-order valence-electron chi connectivity index (χ0n) is 10.3. The molecule has 1 aromatic heterocycles. The van der Waals surface area contributed by atoms with Crippen molar-refractivity contribution in [2.75, 3.05) is 0 Å². The summed E-state index contributed by atoms with van der Waals surface area (Å²) in [7, 11) is 0. The first-order chi connectivity index (χ1) is 9.15. The zero-order valence-corrected chi connectivity index (χ0v) is 10.3. The van der Waals surface area contributed by atoms with Crippen LogP contribution in [0.15, 0.2) is 48.7 Å². The molecule has 1 heterocycles. The van der Waals surface area contributed by atoms with Gasteiger partial charge >= 0.3 is 0 Å². The van der Waals surface area contributed by atoms with E-state index in [4.69, 9.17) is 0 Å². The molecule has 19 heavy (non-hydrogen) atoms. The van der Waals surface area contributed by atoms with Gasteiger partial charge in [-0.25, -0.2) is 4.68 Å². The Hall–Kier alpha value is -2.69. The van der Waals surface area contributed by atoms with E-state index in [1.807, 2.05) is 31.2 Å². The van der Waals surface area contributed by atoms with Crippen LogP contribution >= 0.6 is 0 Å². The Morgan fingerprint density at radius 2 is 2.05 bits per heavy atom. The van der Waals surface area contributed by atoms with Crippen molar-refractivity contribution < 1.29 is 4.92 Å². The molecule has 0 saturated carbocycles. The predicted octanol–water partition coefficient (Wildman–Crippen LogP) is 3.24. The number of aromatic nitrogens is 2. The Bertz CT molecular complexity index is 777. The van der Waals surface area contributed by atoms with Crippen molar-refractivity contribution in [2.24, 2.45) is 0 Å². The van der Waals surface area contributed by atoms with Gasteiger partial charge in [0.15, 0.2) is 0 Å². The standard InChI is InChI=1S/C14H11N3O2/c1-10-3-2-4-12(7-10)16-14-8-13(17(18)19)6-5-11(14)9-15-16/h2-9H,1H3. The quantitative estimate of drug-likeness (QED) is 0.520. The Morgan fingerprint density at radius 1 is 1.21 bits per heavy atom. The van der Waals surface area contributed by atoms with Crippen LogP contribution in [-0.2, 0) is 0 Å². The molecule has 5 nitrogen and oxygen atoms in total. The van der Waals surface area contributed by atoms with Gasteiger partial charge in [0, 0.05) is 17.5 Å². The summed E-state index contributed by atoms with van der Waals surface area (Å²) in [5.74, 6) is 0. The minimum Gasteiger partial charge on any atom is -0.258 e. The molecule has 0 aliphatic carbocycles. The number of hydrogen-bond acceptors (Lipinski definition) is 3. The molecule has 3 aromatic rings. The molecule has 0 amide bonds. The lowest BCUT2D eigenvalue weighted by molar-refractivity contribution is -0.384. The van der Waals surface area contributed by atoms with E-state index in [0.717, 1.165) is 22.2 Å². The van der Waals surface area contributed by atoms with E-state index in [-0.39, 0.29) is 5.69 Å². The molecule has 0 saturated heterocycles. The molecule has 0 atom stereocenters. The lowest BCUT2D eigenvalue weighted by Gasteiger charge is -2.04. The summed E-state index contributed by atoms with van der Waals surface area (Å²) in [6.45, 7) is 2.00. The van der Waals surface area contributed by atoms with Gasteiger partial charge in [0.05, 0.1) is 22.3 Å². The van der Waals surface area contributed by atoms with Crippen LogP contribution in [0, 0.1) is 17.0 Å². The van der Waals surface area contributed by atoms with Gasteiger partial charge < -0.3 is 0 Å². The molecule has 0 radical (unpaired) electrons. The molecule has 0 unspecified atom stereocenters. The van der Waals surface area contributed by atoms with Crippen molar-refractivity contribution in [1.82, 2.24) is 9.78 Å². The smallest absolute Gasteiger partial charge is 0.258 e. The van der Waals surface area contributed by atoms with Crippen molar-refractivity contribution in [1.29, 1.82) is 0 Å². The van der Waals surface area contributed by atoms with E-state index >= 15 is 0 Å². The van der Waals surface area contributed by atoms with Crippen molar-refractivity contribution in [3.8, 4) is 5.69 Å². The third-order valence-electron chi connectivity index (χ3n) is 3.01. The third kappa shape index (κ3) is 1.95. The van der Waals surface area contributed by atoms with Gasteiger partial charge in [0.2, 0.25) is 0 Å². The number of aryl methyl sites for hydroxylation is 1. The number of hydrogen-bond donors (Lipinski definition) is 0. The summed E-state index contributed by atoms with van der Waals surface area (Å²) in [6, 6.07) is 12.6. The highest BCUT2D eigenvalue weighted by molar-refractivity contribution is 5.82. The van der Waals surface area contributed by atoms with Gasteiger partial charge in [0.1, 0.15) is 0 Å².